The molecule has 0 bridgehead atoms. The van der Waals surface area contributed by atoms with Crippen molar-refractivity contribution >= 4 is 23.5 Å². The lowest BCUT2D eigenvalue weighted by molar-refractivity contribution is -0.142. The van der Waals surface area contributed by atoms with Crippen molar-refractivity contribution in [1.82, 2.24) is 9.80 Å². The fraction of sp³-hybridized carbons (Fsp3) is 0.308. The number of urea groups is 1. The average Bonchev–Trinajstić information content (AvgIpc) is 2.60. The molecule has 0 aliphatic carbocycles. The predicted molar refractivity (Wildman–Crippen MR) is 70.8 cm³/mol. The molecule has 1 heterocycles. The molecule has 1 aliphatic heterocycles. The number of likely N-dealkylation sites (N-methyl/N-ethyl adjacent to an activating group) is 1. The van der Waals surface area contributed by atoms with E-state index >= 15 is 0 Å². The third-order valence-electron chi connectivity index (χ3n) is 2.90. The van der Waals surface area contributed by atoms with Crippen LogP contribution in [0.5, 0.6) is 5.75 Å². The smallest absolute Gasteiger partial charge is 0.333 e. The first-order valence-corrected chi connectivity index (χ1v) is 6.12. The fourth-order valence-corrected chi connectivity index (χ4v) is 1.83. The van der Waals surface area contributed by atoms with Crippen molar-refractivity contribution in [2.45, 2.75) is 6.42 Å². The minimum atomic E-state index is -0.799. The summed E-state index contributed by atoms with van der Waals surface area (Å²) in [5, 5.41) is 0. The molecule has 0 aromatic heterocycles. The molecule has 7 heteroatoms. The summed E-state index contributed by atoms with van der Waals surface area (Å²) in [6.45, 7) is 0.467. The molecule has 4 amide bonds. The summed E-state index contributed by atoms with van der Waals surface area (Å²) in [7, 11) is 1.28. The molecule has 1 aromatic carbocycles. The minimum Gasteiger partial charge on any atom is -0.493 e. The van der Waals surface area contributed by atoms with Gasteiger partial charge in [-0.2, -0.15) is 0 Å². The molecule has 0 radical (unpaired) electrons. The van der Waals surface area contributed by atoms with Crippen molar-refractivity contribution in [1.29, 1.82) is 0 Å². The van der Waals surface area contributed by atoms with Gasteiger partial charge < -0.3 is 10.5 Å². The van der Waals surface area contributed by atoms with Crippen LogP contribution in [0.25, 0.3) is 0 Å². The molecule has 1 saturated heterocycles. The maximum Gasteiger partial charge on any atom is 0.333 e. The molecule has 2 rings (SSSR count). The predicted octanol–water partition coefficient (Wildman–Crippen LogP) is 0.458. The van der Waals surface area contributed by atoms with Crippen LogP contribution in [0, 0.1) is 0 Å². The summed E-state index contributed by atoms with van der Waals surface area (Å²) >= 11 is 0. The number of carbonyl (C=O) groups excluding carboxylic acids is 3. The molecule has 1 aliphatic rings. The standard InChI is InChI=1S/C13H15N3O4/c1-15-11(17)12(18)16(13(15)19)6-3-7-20-10-5-2-4-9(14)8-10/h2,4-5,8H,3,6-7,14H2,1H3. The lowest BCUT2D eigenvalue weighted by Gasteiger charge is -2.13. The van der Waals surface area contributed by atoms with E-state index in [4.69, 9.17) is 10.5 Å². The first-order chi connectivity index (χ1) is 9.50. The van der Waals surface area contributed by atoms with Crippen molar-refractivity contribution in [2.24, 2.45) is 0 Å². The fourth-order valence-electron chi connectivity index (χ4n) is 1.83. The van der Waals surface area contributed by atoms with Crippen LogP contribution < -0.4 is 10.5 Å². The number of rotatable bonds is 5. The van der Waals surface area contributed by atoms with Gasteiger partial charge in [0, 0.05) is 25.3 Å². The molecule has 1 aromatic rings. The Bertz CT molecular complexity index is 558. The van der Waals surface area contributed by atoms with Gasteiger partial charge in [0.2, 0.25) is 0 Å². The first kappa shape index (κ1) is 13.9. The molecule has 1 fully saturated rings. The van der Waals surface area contributed by atoms with Gasteiger partial charge in [-0.1, -0.05) is 6.07 Å². The highest BCUT2D eigenvalue weighted by molar-refractivity contribution is 6.44. The van der Waals surface area contributed by atoms with Crippen molar-refractivity contribution in [3.8, 4) is 5.75 Å². The van der Waals surface area contributed by atoms with E-state index in [0.717, 1.165) is 9.80 Å². The molecule has 7 nitrogen and oxygen atoms in total. The van der Waals surface area contributed by atoms with Gasteiger partial charge in [-0.3, -0.25) is 19.4 Å². The summed E-state index contributed by atoms with van der Waals surface area (Å²) in [4.78, 5) is 36.1. The van der Waals surface area contributed by atoms with Gasteiger partial charge in [0.15, 0.2) is 0 Å². The highest BCUT2D eigenvalue weighted by atomic mass is 16.5. The highest BCUT2D eigenvalue weighted by Crippen LogP contribution is 2.15. The average molecular weight is 277 g/mol. The van der Waals surface area contributed by atoms with Gasteiger partial charge in [-0.05, 0) is 18.6 Å². The van der Waals surface area contributed by atoms with Gasteiger partial charge in [-0.15, -0.1) is 0 Å². The lowest BCUT2D eigenvalue weighted by atomic mass is 10.3. The Morgan fingerprint density at radius 1 is 1.20 bits per heavy atom. The summed E-state index contributed by atoms with van der Waals surface area (Å²) in [6.07, 6.45) is 0.438. The molecular weight excluding hydrogens is 262 g/mol. The Morgan fingerprint density at radius 3 is 2.55 bits per heavy atom. The van der Waals surface area contributed by atoms with Crippen LogP contribution in [0.3, 0.4) is 0 Å². The van der Waals surface area contributed by atoms with E-state index in [0.29, 0.717) is 24.5 Å². The SMILES string of the molecule is CN1C(=O)C(=O)N(CCCOc2cccc(N)c2)C1=O. The van der Waals surface area contributed by atoms with E-state index in [-0.39, 0.29) is 6.54 Å². The third kappa shape index (κ3) is 2.71. The molecule has 0 saturated carbocycles. The summed E-state index contributed by atoms with van der Waals surface area (Å²) in [5.74, 6) is -0.967. The van der Waals surface area contributed by atoms with E-state index in [1.807, 2.05) is 0 Å². The Kier molecular flexibility index (Phi) is 3.88. The normalized spacial score (nSPS) is 15.2. The van der Waals surface area contributed by atoms with Crippen LogP contribution in [0.4, 0.5) is 10.5 Å². The summed E-state index contributed by atoms with van der Waals surface area (Å²) in [6, 6.07) is 6.37. The van der Waals surface area contributed by atoms with Gasteiger partial charge >= 0.3 is 17.8 Å². The van der Waals surface area contributed by atoms with Crippen LogP contribution in [0.1, 0.15) is 6.42 Å². The summed E-state index contributed by atoms with van der Waals surface area (Å²) < 4.78 is 5.44. The van der Waals surface area contributed by atoms with Crippen molar-refractivity contribution in [3.63, 3.8) is 0 Å². The minimum absolute atomic E-state index is 0.149. The summed E-state index contributed by atoms with van der Waals surface area (Å²) in [5.41, 5.74) is 6.21. The van der Waals surface area contributed by atoms with Crippen molar-refractivity contribution < 1.29 is 19.1 Å². The van der Waals surface area contributed by atoms with Gasteiger partial charge in [0.25, 0.3) is 0 Å². The Morgan fingerprint density at radius 2 is 1.95 bits per heavy atom. The number of hydrogen-bond donors (Lipinski definition) is 1. The number of ether oxygens (including phenoxy) is 1. The van der Waals surface area contributed by atoms with E-state index < -0.39 is 17.8 Å². The number of amides is 4. The first-order valence-electron chi connectivity index (χ1n) is 6.12. The van der Waals surface area contributed by atoms with Gasteiger partial charge in [-0.25, -0.2) is 4.79 Å². The van der Waals surface area contributed by atoms with E-state index in [1.54, 1.807) is 24.3 Å². The van der Waals surface area contributed by atoms with Crippen LogP contribution in [-0.4, -0.2) is 47.8 Å². The Labute approximate surface area is 115 Å². The second kappa shape index (κ2) is 5.60. The van der Waals surface area contributed by atoms with Gasteiger partial charge in [0.05, 0.1) is 6.61 Å². The van der Waals surface area contributed by atoms with Crippen LogP contribution in [0.2, 0.25) is 0 Å². The zero-order valence-electron chi connectivity index (χ0n) is 11.0. The molecular formula is C13H15N3O4. The molecule has 0 unspecified atom stereocenters. The maximum absolute atomic E-state index is 11.6. The highest BCUT2D eigenvalue weighted by Gasteiger charge is 2.41. The van der Waals surface area contributed by atoms with Crippen LogP contribution in [0.15, 0.2) is 24.3 Å². The number of imide groups is 2. The zero-order chi connectivity index (χ0) is 14.7. The van der Waals surface area contributed by atoms with E-state index in [9.17, 15) is 14.4 Å². The largest absolute Gasteiger partial charge is 0.493 e. The molecule has 0 spiro atoms. The van der Waals surface area contributed by atoms with Crippen LogP contribution >= 0.6 is 0 Å². The molecule has 106 valence electrons. The van der Waals surface area contributed by atoms with Gasteiger partial charge in [0.1, 0.15) is 5.75 Å². The number of benzene rings is 1. The van der Waals surface area contributed by atoms with Crippen LogP contribution in [-0.2, 0) is 9.59 Å². The quantitative estimate of drug-likeness (QED) is 0.365. The number of carbonyl (C=O) groups is 3. The zero-order valence-corrected chi connectivity index (χ0v) is 11.0. The topological polar surface area (TPSA) is 92.9 Å². The van der Waals surface area contributed by atoms with E-state index in [2.05, 4.69) is 0 Å². The Hall–Kier alpha value is -2.57. The van der Waals surface area contributed by atoms with E-state index in [1.165, 1.54) is 7.05 Å². The monoisotopic (exact) mass is 277 g/mol. The maximum atomic E-state index is 11.6. The molecule has 20 heavy (non-hydrogen) atoms. The number of hydrogen-bond acceptors (Lipinski definition) is 5. The number of nitrogens with two attached hydrogens (primary N) is 1. The molecule has 2 N–H and O–H groups in total. The number of nitrogen functional groups attached to an aromatic ring is 1. The second-order valence-electron chi connectivity index (χ2n) is 4.38. The van der Waals surface area contributed by atoms with Crippen molar-refractivity contribution in [2.75, 3.05) is 25.9 Å². The second-order valence-corrected chi connectivity index (χ2v) is 4.38. The third-order valence-corrected chi connectivity index (χ3v) is 2.90. The number of anilines is 1. The number of nitrogens with zero attached hydrogens (tertiary/aromatic N) is 2. The van der Waals surface area contributed by atoms with Crippen molar-refractivity contribution in [3.05, 3.63) is 24.3 Å². The lowest BCUT2D eigenvalue weighted by Crippen LogP contribution is -2.33. The molecule has 0 atom stereocenters. The Balaban J connectivity index is 1.81.